The predicted molar refractivity (Wildman–Crippen MR) is 112 cm³/mol. The van der Waals surface area contributed by atoms with Crippen LogP contribution in [0.3, 0.4) is 0 Å². The molecule has 2 aliphatic carbocycles. The number of rotatable bonds is 6. The third-order valence-electron chi connectivity index (χ3n) is 7.80. The van der Waals surface area contributed by atoms with Gasteiger partial charge in [-0.3, -0.25) is 0 Å². The number of aliphatic hydroxyl groups is 3. The van der Waals surface area contributed by atoms with Crippen molar-refractivity contribution in [2.24, 2.45) is 22.7 Å². The van der Waals surface area contributed by atoms with Gasteiger partial charge in [-0.05, 0) is 80.8 Å². The van der Waals surface area contributed by atoms with Gasteiger partial charge in [0.1, 0.15) is 0 Å². The lowest BCUT2D eigenvalue weighted by atomic mass is 9.56. The maximum Gasteiger partial charge on any atom is 0.438 e. The van der Waals surface area contributed by atoms with Crippen LogP contribution in [0.15, 0.2) is 0 Å². The summed E-state index contributed by atoms with van der Waals surface area (Å²) in [5.74, 6) is 2.33. The molecule has 2 aliphatic rings. The molecule has 33 heavy (non-hydrogen) atoms. The van der Waals surface area contributed by atoms with E-state index in [9.17, 15) is 41.7 Å². The monoisotopic (exact) mass is 492 g/mol. The first-order valence-corrected chi connectivity index (χ1v) is 11.0. The van der Waals surface area contributed by atoms with E-state index in [2.05, 4.69) is 0 Å². The van der Waals surface area contributed by atoms with Crippen molar-refractivity contribution in [1.29, 1.82) is 0 Å². The Morgan fingerprint density at radius 3 is 2.15 bits per heavy atom. The molecule has 0 spiro atoms. The largest absolute Gasteiger partial charge is 0.438 e. The summed E-state index contributed by atoms with van der Waals surface area (Å²) in [4.78, 5) is 0. The van der Waals surface area contributed by atoms with Crippen molar-refractivity contribution >= 4 is 0 Å². The molecule has 0 saturated heterocycles. The van der Waals surface area contributed by atoms with E-state index in [4.69, 9.17) is 8.22 Å². The molecule has 2 rings (SSSR count). The molecule has 0 aliphatic heterocycles. The van der Waals surface area contributed by atoms with Gasteiger partial charge in [0.05, 0.1) is 11.7 Å². The highest BCUT2D eigenvalue weighted by molar-refractivity contribution is 5.22. The predicted octanol–water partition coefficient (Wildman–Crippen LogP) is 5.76. The average Bonchev–Trinajstić information content (AvgIpc) is 3.09. The summed E-state index contributed by atoms with van der Waals surface area (Å²) in [6, 6.07) is 0. The Hall–Kier alpha value is -0.980. The molecule has 0 radical (unpaired) electrons. The van der Waals surface area contributed by atoms with Gasteiger partial charge in [0.2, 0.25) is 0 Å². The minimum atomic E-state index is -6.12. The molecule has 0 aromatic rings. The Bertz CT molecular complexity index is 910. The molecule has 0 unspecified atom stereocenters. The van der Waals surface area contributed by atoms with Crippen molar-refractivity contribution in [1.82, 2.24) is 0 Å². The minimum absolute atomic E-state index is 0.0737. The molecule has 3 nitrogen and oxygen atoms in total. The van der Waals surface area contributed by atoms with Crippen molar-refractivity contribution in [3.63, 3.8) is 0 Å². The van der Waals surface area contributed by atoms with E-state index in [-0.39, 0.29) is 24.7 Å². The van der Waals surface area contributed by atoms with Gasteiger partial charge < -0.3 is 15.3 Å². The van der Waals surface area contributed by atoms with Crippen molar-refractivity contribution in [2.45, 2.75) is 115 Å². The zero-order valence-corrected chi connectivity index (χ0v) is 18.7. The first kappa shape index (κ1) is 20.2. The highest BCUT2D eigenvalue weighted by Crippen LogP contribution is 2.62. The molecule has 9 heteroatoms. The van der Waals surface area contributed by atoms with Gasteiger partial charge in [0.25, 0.3) is 0 Å². The maximum atomic E-state index is 13.2. The average molecular weight is 493 g/mol. The van der Waals surface area contributed by atoms with Crippen molar-refractivity contribution in [3.05, 3.63) is 0 Å². The molecule has 0 aromatic heterocycles. The molecule has 0 amide bonds. The molecule has 5 atom stereocenters. The Balaban J connectivity index is 2.47. The van der Waals surface area contributed by atoms with Crippen LogP contribution in [-0.4, -0.2) is 45.0 Å². The van der Waals surface area contributed by atoms with Crippen LogP contribution < -0.4 is 0 Å². The summed E-state index contributed by atoms with van der Waals surface area (Å²) in [5.41, 5.74) is -10.0. The van der Waals surface area contributed by atoms with Gasteiger partial charge in [-0.15, -0.1) is 0 Å². The second kappa shape index (κ2) is 9.23. The minimum Gasteiger partial charge on any atom is -0.393 e. The Kier molecular flexibility index (Phi) is 5.66. The Labute approximate surface area is 200 Å². The number of hydrogen-bond acceptors (Lipinski definition) is 3. The first-order valence-electron chi connectivity index (χ1n) is 14.0. The highest BCUT2D eigenvalue weighted by Gasteiger charge is 2.70. The summed E-state index contributed by atoms with van der Waals surface area (Å²) in [6.45, 7) is -3.11. The van der Waals surface area contributed by atoms with E-state index in [1.807, 2.05) is 12.8 Å². The standard InChI is InChI=1S/C24H36F6O3/c1-19(2,32)11-6-12-20(3,13-7-15-22(33,23(25,26)27)24(28,29)30)18-10-9-16-17(31)8-5-14-21(16,18)4/h16-18,31-33H,5-6,8-14H2,1-4H3/t16-,17-,18+,20-,21-/m0/s1/i1D3,2D3. The topological polar surface area (TPSA) is 60.7 Å². The van der Waals surface area contributed by atoms with Crippen LogP contribution in [0.1, 0.15) is 93.6 Å². The summed E-state index contributed by atoms with van der Waals surface area (Å²) in [7, 11) is 0. The number of alkyl halides is 6. The lowest BCUT2D eigenvalue weighted by Crippen LogP contribution is -2.55. The second-order valence-electron chi connectivity index (χ2n) is 10.3. The molecular weight excluding hydrogens is 450 g/mol. The molecular formula is C24H36F6O3. The molecule has 0 heterocycles. The van der Waals surface area contributed by atoms with Crippen LogP contribution in [0.25, 0.3) is 0 Å². The molecule has 192 valence electrons. The van der Waals surface area contributed by atoms with Crippen molar-refractivity contribution in [2.75, 3.05) is 0 Å². The summed E-state index contributed by atoms with van der Waals surface area (Å²) in [6.07, 6.45) is -11.6. The summed E-state index contributed by atoms with van der Waals surface area (Å²) in [5, 5.41) is 30.7. The van der Waals surface area contributed by atoms with Gasteiger partial charge in [-0.25, -0.2) is 0 Å². The van der Waals surface area contributed by atoms with E-state index in [0.29, 0.717) is 32.1 Å². The van der Waals surface area contributed by atoms with Gasteiger partial charge >= 0.3 is 18.0 Å². The second-order valence-corrected chi connectivity index (χ2v) is 10.3. The van der Waals surface area contributed by atoms with Crippen LogP contribution in [0.5, 0.6) is 0 Å². The van der Waals surface area contributed by atoms with Crippen LogP contribution in [0, 0.1) is 34.5 Å². The zero-order valence-electron chi connectivity index (χ0n) is 24.7. The lowest BCUT2D eigenvalue weighted by Gasteiger charge is -2.49. The van der Waals surface area contributed by atoms with Crippen molar-refractivity contribution < 1.29 is 49.9 Å². The van der Waals surface area contributed by atoms with Gasteiger partial charge in [-0.1, -0.05) is 32.6 Å². The van der Waals surface area contributed by atoms with Crippen LogP contribution in [0.4, 0.5) is 26.3 Å². The zero-order chi connectivity index (χ0) is 30.5. The fourth-order valence-electron chi connectivity index (χ4n) is 6.10. The van der Waals surface area contributed by atoms with Gasteiger partial charge in [0.15, 0.2) is 0 Å². The highest BCUT2D eigenvalue weighted by atomic mass is 19.4. The number of aliphatic hydroxyl groups excluding tert-OH is 1. The van der Waals surface area contributed by atoms with E-state index in [1.165, 1.54) is 0 Å². The third-order valence-corrected chi connectivity index (χ3v) is 7.80. The van der Waals surface area contributed by atoms with E-state index < -0.39 is 67.0 Å². The molecule has 0 aromatic carbocycles. The number of hydrogen-bond donors (Lipinski definition) is 3. The summed E-state index contributed by atoms with van der Waals surface area (Å²) >= 11 is 0. The molecule has 2 fully saturated rings. The number of fused-ring (bicyclic) bond motifs is 1. The third kappa shape index (κ3) is 5.82. The van der Waals surface area contributed by atoms with Crippen molar-refractivity contribution in [3.8, 4) is 11.8 Å². The van der Waals surface area contributed by atoms with Gasteiger partial charge in [-0.2, -0.15) is 26.3 Å². The molecule has 2 saturated carbocycles. The van der Waals surface area contributed by atoms with Crippen LogP contribution >= 0.6 is 0 Å². The fourth-order valence-corrected chi connectivity index (χ4v) is 6.10. The number of halogens is 6. The maximum absolute atomic E-state index is 13.2. The van der Waals surface area contributed by atoms with E-state index in [0.717, 1.165) is 5.92 Å². The van der Waals surface area contributed by atoms with Crippen LogP contribution in [0.2, 0.25) is 0 Å². The Morgan fingerprint density at radius 1 is 1.00 bits per heavy atom. The quantitative estimate of drug-likeness (QED) is 0.326. The lowest BCUT2D eigenvalue weighted by molar-refractivity contribution is -0.343. The molecule has 0 bridgehead atoms. The van der Waals surface area contributed by atoms with E-state index >= 15 is 0 Å². The smallest absolute Gasteiger partial charge is 0.393 e. The van der Waals surface area contributed by atoms with E-state index in [1.54, 1.807) is 6.92 Å². The SMILES string of the molecule is [2H]C([2H])([2H])C(O)(CCC[C@@](C)(CC#CC(O)(C(F)(F)F)C(F)(F)F)[C@H]1CC[C@H]2[C@@H](O)CCC[C@]12C)C([2H])([2H])[2H]. The Morgan fingerprint density at radius 2 is 1.61 bits per heavy atom. The molecule has 3 N–H and O–H groups in total. The van der Waals surface area contributed by atoms with Crippen LogP contribution in [-0.2, 0) is 0 Å². The first-order chi connectivity index (χ1) is 17.3. The van der Waals surface area contributed by atoms with Gasteiger partial charge in [0, 0.05) is 14.6 Å². The fraction of sp³-hybridized carbons (Fsp3) is 0.917. The normalized spacial score (nSPS) is 34.3. The summed E-state index contributed by atoms with van der Waals surface area (Å²) < 4.78 is 124.